The standard InChI is InChI=1S/C11H13NO.ClH/c12-11(13)10-6-5-8-3-1-2-4-9(8)7-10;/h1-4,10H,5-7H2,(H2,12,13);1H. The van der Waals surface area contributed by atoms with Crippen LogP contribution in [0, 0.1) is 5.92 Å². The Kier molecular flexibility index (Phi) is 3.53. The Morgan fingerprint density at radius 1 is 1.29 bits per heavy atom. The van der Waals surface area contributed by atoms with Crippen molar-refractivity contribution in [2.75, 3.05) is 0 Å². The molecule has 0 fully saturated rings. The third-order valence-electron chi connectivity index (χ3n) is 2.75. The van der Waals surface area contributed by atoms with Crippen molar-refractivity contribution in [1.82, 2.24) is 0 Å². The number of hydrogen-bond donors (Lipinski definition) is 1. The van der Waals surface area contributed by atoms with Crippen molar-refractivity contribution in [1.29, 1.82) is 0 Å². The lowest BCUT2D eigenvalue weighted by atomic mass is 9.84. The molecule has 0 radical (unpaired) electrons. The summed E-state index contributed by atoms with van der Waals surface area (Å²) < 4.78 is 0. The number of carbonyl (C=O) groups is 1. The van der Waals surface area contributed by atoms with E-state index in [0.717, 1.165) is 19.3 Å². The van der Waals surface area contributed by atoms with Gasteiger partial charge < -0.3 is 5.73 Å². The highest BCUT2D eigenvalue weighted by Crippen LogP contribution is 2.24. The summed E-state index contributed by atoms with van der Waals surface area (Å²) in [6.07, 6.45) is 2.72. The van der Waals surface area contributed by atoms with Crippen LogP contribution in [0.1, 0.15) is 17.5 Å². The molecule has 0 aromatic heterocycles. The molecule has 1 aliphatic rings. The molecule has 1 amide bonds. The molecule has 0 spiro atoms. The lowest BCUT2D eigenvalue weighted by molar-refractivity contribution is -0.122. The average molecular weight is 212 g/mol. The van der Waals surface area contributed by atoms with E-state index >= 15 is 0 Å². The second kappa shape index (κ2) is 4.47. The highest BCUT2D eigenvalue weighted by molar-refractivity contribution is 5.85. The molecule has 2 N–H and O–H groups in total. The van der Waals surface area contributed by atoms with Crippen LogP contribution in [0.3, 0.4) is 0 Å². The van der Waals surface area contributed by atoms with Crippen LogP contribution < -0.4 is 5.73 Å². The van der Waals surface area contributed by atoms with Crippen LogP contribution in [0.15, 0.2) is 24.3 Å². The molecule has 0 saturated heterocycles. The summed E-state index contributed by atoms with van der Waals surface area (Å²) in [7, 11) is 0. The van der Waals surface area contributed by atoms with Crippen LogP contribution in [0.4, 0.5) is 0 Å². The van der Waals surface area contributed by atoms with Gasteiger partial charge in [-0.15, -0.1) is 12.4 Å². The zero-order valence-corrected chi connectivity index (χ0v) is 8.72. The molecular formula is C11H14ClNO. The van der Waals surface area contributed by atoms with Crippen LogP contribution in [0.5, 0.6) is 0 Å². The quantitative estimate of drug-likeness (QED) is 0.755. The van der Waals surface area contributed by atoms with Gasteiger partial charge in [-0.3, -0.25) is 4.79 Å². The van der Waals surface area contributed by atoms with Gasteiger partial charge in [-0.1, -0.05) is 24.3 Å². The second-order valence-corrected chi connectivity index (χ2v) is 3.61. The number of halogens is 1. The Morgan fingerprint density at radius 2 is 1.93 bits per heavy atom. The number of nitrogens with two attached hydrogens (primary N) is 1. The summed E-state index contributed by atoms with van der Waals surface area (Å²) in [5.74, 6) is -0.107. The third-order valence-corrected chi connectivity index (χ3v) is 2.75. The summed E-state index contributed by atoms with van der Waals surface area (Å²) in [5, 5.41) is 0. The van der Waals surface area contributed by atoms with Crippen molar-refractivity contribution >= 4 is 18.3 Å². The largest absolute Gasteiger partial charge is 0.369 e. The Balaban J connectivity index is 0.000000980. The number of carbonyl (C=O) groups excluding carboxylic acids is 1. The number of benzene rings is 1. The monoisotopic (exact) mass is 211 g/mol. The number of rotatable bonds is 1. The first-order chi connectivity index (χ1) is 6.27. The predicted molar refractivity (Wildman–Crippen MR) is 58.4 cm³/mol. The molecule has 1 unspecified atom stereocenters. The summed E-state index contributed by atoms with van der Waals surface area (Å²) in [5.41, 5.74) is 7.95. The van der Waals surface area contributed by atoms with E-state index in [4.69, 9.17) is 5.73 Å². The third kappa shape index (κ3) is 2.07. The van der Waals surface area contributed by atoms with Gasteiger partial charge in [0.1, 0.15) is 0 Å². The fraction of sp³-hybridized carbons (Fsp3) is 0.364. The first-order valence-corrected chi connectivity index (χ1v) is 4.63. The van der Waals surface area contributed by atoms with Gasteiger partial charge in [0, 0.05) is 5.92 Å². The number of primary amides is 1. The minimum atomic E-state index is -0.158. The van der Waals surface area contributed by atoms with Crippen molar-refractivity contribution in [2.45, 2.75) is 19.3 Å². The van der Waals surface area contributed by atoms with Gasteiger partial charge in [-0.05, 0) is 30.4 Å². The van der Waals surface area contributed by atoms with Gasteiger partial charge >= 0.3 is 0 Å². The van der Waals surface area contributed by atoms with Crippen LogP contribution in [-0.2, 0) is 17.6 Å². The van der Waals surface area contributed by atoms with Crippen molar-refractivity contribution in [3.63, 3.8) is 0 Å². The Morgan fingerprint density at radius 3 is 2.57 bits per heavy atom. The number of fused-ring (bicyclic) bond motifs is 1. The Hall–Kier alpha value is -1.02. The molecule has 76 valence electrons. The Labute approximate surface area is 89.9 Å². The average Bonchev–Trinajstić information content (AvgIpc) is 2.17. The van der Waals surface area contributed by atoms with Gasteiger partial charge in [-0.2, -0.15) is 0 Å². The summed E-state index contributed by atoms with van der Waals surface area (Å²) in [4.78, 5) is 11.0. The summed E-state index contributed by atoms with van der Waals surface area (Å²) in [6, 6.07) is 8.28. The Bertz CT molecular complexity index is 338. The normalized spacial score (nSPS) is 19.3. The lowest BCUT2D eigenvalue weighted by Gasteiger charge is -2.21. The van der Waals surface area contributed by atoms with E-state index < -0.39 is 0 Å². The van der Waals surface area contributed by atoms with Crippen LogP contribution >= 0.6 is 12.4 Å². The smallest absolute Gasteiger partial charge is 0.220 e. The van der Waals surface area contributed by atoms with E-state index in [1.807, 2.05) is 12.1 Å². The second-order valence-electron chi connectivity index (χ2n) is 3.61. The molecule has 0 bridgehead atoms. The highest BCUT2D eigenvalue weighted by Gasteiger charge is 2.21. The van der Waals surface area contributed by atoms with Gasteiger partial charge in [0.05, 0.1) is 0 Å². The first-order valence-electron chi connectivity index (χ1n) is 4.63. The molecule has 2 rings (SSSR count). The van der Waals surface area contributed by atoms with Gasteiger partial charge in [0.15, 0.2) is 0 Å². The van der Waals surface area contributed by atoms with Gasteiger partial charge in [0.2, 0.25) is 5.91 Å². The topological polar surface area (TPSA) is 43.1 Å². The number of amides is 1. The lowest BCUT2D eigenvalue weighted by Crippen LogP contribution is -2.28. The molecule has 0 aliphatic heterocycles. The molecule has 3 heteroatoms. The summed E-state index contributed by atoms with van der Waals surface area (Å²) >= 11 is 0. The highest BCUT2D eigenvalue weighted by atomic mass is 35.5. The van der Waals surface area contributed by atoms with Gasteiger partial charge in [0.25, 0.3) is 0 Å². The first kappa shape index (κ1) is 11.1. The molecular weight excluding hydrogens is 198 g/mol. The zero-order valence-electron chi connectivity index (χ0n) is 7.90. The van der Waals surface area contributed by atoms with Crippen LogP contribution in [-0.4, -0.2) is 5.91 Å². The SMILES string of the molecule is Cl.NC(=O)C1CCc2ccccc2C1. The molecule has 14 heavy (non-hydrogen) atoms. The van der Waals surface area contributed by atoms with E-state index in [1.165, 1.54) is 11.1 Å². The van der Waals surface area contributed by atoms with Crippen LogP contribution in [0.25, 0.3) is 0 Å². The molecule has 0 heterocycles. The number of hydrogen-bond acceptors (Lipinski definition) is 1. The van der Waals surface area contributed by atoms with E-state index in [-0.39, 0.29) is 24.2 Å². The summed E-state index contributed by atoms with van der Waals surface area (Å²) in [6.45, 7) is 0. The zero-order chi connectivity index (χ0) is 9.26. The van der Waals surface area contributed by atoms with E-state index in [0.29, 0.717) is 0 Å². The molecule has 1 aromatic carbocycles. The molecule has 1 aromatic rings. The maximum absolute atomic E-state index is 11.0. The molecule has 0 saturated carbocycles. The minimum absolute atomic E-state index is 0. The minimum Gasteiger partial charge on any atom is -0.369 e. The fourth-order valence-corrected chi connectivity index (χ4v) is 1.94. The van der Waals surface area contributed by atoms with Crippen molar-refractivity contribution in [3.8, 4) is 0 Å². The maximum Gasteiger partial charge on any atom is 0.220 e. The maximum atomic E-state index is 11.0. The number of aryl methyl sites for hydroxylation is 1. The van der Waals surface area contributed by atoms with Crippen molar-refractivity contribution in [3.05, 3.63) is 35.4 Å². The predicted octanol–water partition coefficient (Wildman–Crippen LogP) is 1.70. The molecule has 1 aliphatic carbocycles. The van der Waals surface area contributed by atoms with Crippen molar-refractivity contribution in [2.24, 2.45) is 11.7 Å². The van der Waals surface area contributed by atoms with E-state index in [1.54, 1.807) is 0 Å². The van der Waals surface area contributed by atoms with Crippen molar-refractivity contribution < 1.29 is 4.79 Å². The molecule has 1 atom stereocenters. The molecule has 2 nitrogen and oxygen atoms in total. The van der Waals surface area contributed by atoms with E-state index in [2.05, 4.69) is 12.1 Å². The van der Waals surface area contributed by atoms with Gasteiger partial charge in [-0.25, -0.2) is 0 Å². The van der Waals surface area contributed by atoms with E-state index in [9.17, 15) is 4.79 Å². The fourth-order valence-electron chi connectivity index (χ4n) is 1.94. The van der Waals surface area contributed by atoms with Crippen LogP contribution in [0.2, 0.25) is 0 Å².